The first kappa shape index (κ1) is 16.3. The molecular weight excluding hydrogens is 376 g/mol. The minimum absolute atomic E-state index is 0.362. The van der Waals surface area contributed by atoms with Gasteiger partial charge in [0.2, 0.25) is 5.11 Å². The molecule has 0 bridgehead atoms. The van der Waals surface area contributed by atoms with Crippen LogP contribution in [0.2, 0.25) is 0 Å². The van der Waals surface area contributed by atoms with Crippen LogP contribution < -0.4 is 4.90 Å². The number of rotatable bonds is 3. The second kappa shape index (κ2) is 6.68. The number of anilines is 1. The number of furan rings is 1. The number of hydrogen-bond donors (Lipinski definition) is 0. The van der Waals surface area contributed by atoms with E-state index in [9.17, 15) is 0 Å². The van der Waals surface area contributed by atoms with Crippen molar-refractivity contribution in [2.75, 3.05) is 4.90 Å². The molecule has 0 saturated heterocycles. The quantitative estimate of drug-likeness (QED) is 0.598. The standard InChI is InChI=1S/C20H14N4OS2/c26-20-23(15-10-5-2-6-11-15)17(16-12-7-13-25-16)21-19-24(20)22-18(27-19)14-8-3-1-4-9-14/h1-13,17H/t17-/m0/s1. The van der Waals surface area contributed by atoms with Gasteiger partial charge in [0, 0.05) is 11.3 Å². The Bertz CT molecular complexity index is 1030. The first-order valence-corrected chi connectivity index (χ1v) is 9.65. The molecule has 3 heterocycles. The zero-order valence-corrected chi connectivity index (χ0v) is 15.7. The van der Waals surface area contributed by atoms with Crippen molar-refractivity contribution < 1.29 is 4.42 Å². The Labute approximate surface area is 166 Å². The molecule has 0 unspecified atom stereocenters. The molecular formula is C20H14N4OS2. The molecule has 3 aromatic rings. The van der Waals surface area contributed by atoms with E-state index in [2.05, 4.69) is 0 Å². The lowest BCUT2D eigenvalue weighted by atomic mass is 10.2. The van der Waals surface area contributed by atoms with Crippen molar-refractivity contribution in [3.8, 4) is 0 Å². The van der Waals surface area contributed by atoms with Crippen molar-refractivity contribution in [1.82, 2.24) is 5.01 Å². The SMILES string of the molecule is S=C1N2N=C(c3ccccc3)SC2=N[C@H](c2ccco2)N1c1ccccc1. The molecule has 2 aromatic carbocycles. The summed E-state index contributed by atoms with van der Waals surface area (Å²) in [6.45, 7) is 0. The molecule has 27 heavy (non-hydrogen) atoms. The van der Waals surface area contributed by atoms with Gasteiger partial charge in [0.1, 0.15) is 10.8 Å². The minimum Gasteiger partial charge on any atom is -0.465 e. The van der Waals surface area contributed by atoms with Crippen LogP contribution in [-0.2, 0) is 0 Å². The molecule has 0 saturated carbocycles. The molecule has 5 nitrogen and oxygen atoms in total. The fourth-order valence-electron chi connectivity index (χ4n) is 3.03. The van der Waals surface area contributed by atoms with E-state index in [4.69, 9.17) is 26.7 Å². The maximum atomic E-state index is 5.81. The third kappa shape index (κ3) is 2.85. The Hall–Kier alpha value is -2.90. The third-order valence-corrected chi connectivity index (χ3v) is 5.62. The van der Waals surface area contributed by atoms with Gasteiger partial charge in [-0.25, -0.2) is 4.99 Å². The molecule has 0 N–H and O–H groups in total. The van der Waals surface area contributed by atoms with Gasteiger partial charge in [-0.05, 0) is 48.2 Å². The molecule has 0 radical (unpaired) electrons. The van der Waals surface area contributed by atoms with Crippen molar-refractivity contribution in [1.29, 1.82) is 0 Å². The summed E-state index contributed by atoms with van der Waals surface area (Å²) in [5.74, 6) is 0.738. The van der Waals surface area contributed by atoms with Crippen LogP contribution in [0.25, 0.3) is 0 Å². The zero-order chi connectivity index (χ0) is 18.2. The van der Waals surface area contributed by atoms with Crippen molar-refractivity contribution in [2.45, 2.75) is 6.17 Å². The van der Waals surface area contributed by atoms with E-state index < -0.39 is 0 Å². The molecule has 0 fully saturated rings. The second-order valence-electron chi connectivity index (χ2n) is 5.97. The van der Waals surface area contributed by atoms with Crippen molar-refractivity contribution in [3.63, 3.8) is 0 Å². The lowest BCUT2D eigenvalue weighted by Crippen LogP contribution is -2.47. The number of hydrogen-bond acceptors (Lipinski definition) is 5. The number of thioether (sulfide) groups is 1. The predicted octanol–water partition coefficient (Wildman–Crippen LogP) is 4.85. The summed E-state index contributed by atoms with van der Waals surface area (Å²) < 4.78 is 5.66. The maximum absolute atomic E-state index is 5.81. The lowest BCUT2D eigenvalue weighted by Gasteiger charge is -2.36. The number of benzene rings is 2. The number of amidine groups is 1. The van der Waals surface area contributed by atoms with E-state index in [1.165, 1.54) is 11.8 Å². The van der Waals surface area contributed by atoms with Gasteiger partial charge in [-0.15, -0.1) is 0 Å². The Morgan fingerprint density at radius 3 is 2.37 bits per heavy atom. The minimum atomic E-state index is -0.362. The topological polar surface area (TPSA) is 44.3 Å². The number of nitrogens with zero attached hydrogens (tertiary/aromatic N) is 4. The average molecular weight is 390 g/mol. The van der Waals surface area contributed by atoms with Crippen LogP contribution in [-0.4, -0.2) is 20.3 Å². The first-order chi connectivity index (χ1) is 13.3. The second-order valence-corrected chi connectivity index (χ2v) is 7.30. The van der Waals surface area contributed by atoms with E-state index >= 15 is 0 Å². The molecule has 7 heteroatoms. The molecule has 2 aliphatic heterocycles. The van der Waals surface area contributed by atoms with Crippen LogP contribution in [0.4, 0.5) is 5.69 Å². The smallest absolute Gasteiger partial charge is 0.205 e. The highest BCUT2D eigenvalue weighted by Gasteiger charge is 2.40. The van der Waals surface area contributed by atoms with Gasteiger partial charge in [-0.1, -0.05) is 48.5 Å². The lowest BCUT2D eigenvalue weighted by molar-refractivity contribution is 0.458. The molecule has 1 atom stereocenters. The first-order valence-electron chi connectivity index (χ1n) is 8.43. The molecule has 2 aliphatic rings. The monoisotopic (exact) mass is 390 g/mol. The predicted molar refractivity (Wildman–Crippen MR) is 113 cm³/mol. The summed E-state index contributed by atoms with van der Waals surface area (Å²) >= 11 is 7.33. The molecule has 5 rings (SSSR count). The van der Waals surface area contributed by atoms with Gasteiger partial charge >= 0.3 is 0 Å². The highest BCUT2D eigenvalue weighted by atomic mass is 32.2. The Morgan fingerprint density at radius 2 is 1.67 bits per heavy atom. The van der Waals surface area contributed by atoms with Crippen LogP contribution >= 0.6 is 24.0 Å². The van der Waals surface area contributed by atoms with Crippen LogP contribution in [0.3, 0.4) is 0 Å². The normalized spacial score (nSPS) is 19.0. The van der Waals surface area contributed by atoms with Gasteiger partial charge in [-0.2, -0.15) is 10.1 Å². The van der Waals surface area contributed by atoms with Crippen LogP contribution in [0, 0.1) is 0 Å². The largest absolute Gasteiger partial charge is 0.465 e. The van der Waals surface area contributed by atoms with Gasteiger partial charge in [-0.3, -0.25) is 4.90 Å². The van der Waals surface area contributed by atoms with Crippen molar-refractivity contribution in [2.24, 2.45) is 10.1 Å². The van der Waals surface area contributed by atoms with E-state index in [-0.39, 0.29) is 6.17 Å². The molecule has 132 valence electrons. The van der Waals surface area contributed by atoms with Crippen LogP contribution in [0.1, 0.15) is 17.5 Å². The Balaban J connectivity index is 1.59. The van der Waals surface area contributed by atoms with E-state index in [0.717, 1.165) is 27.2 Å². The fraction of sp³-hybridized carbons (Fsp3) is 0.0500. The van der Waals surface area contributed by atoms with Crippen molar-refractivity contribution in [3.05, 3.63) is 90.4 Å². The Kier molecular flexibility index (Phi) is 4.03. The Morgan fingerprint density at radius 1 is 0.926 bits per heavy atom. The maximum Gasteiger partial charge on any atom is 0.205 e. The van der Waals surface area contributed by atoms with Gasteiger partial charge in [0.15, 0.2) is 11.3 Å². The summed E-state index contributed by atoms with van der Waals surface area (Å²) in [5, 5.41) is 8.66. The van der Waals surface area contributed by atoms with Gasteiger partial charge < -0.3 is 4.42 Å². The summed E-state index contributed by atoms with van der Waals surface area (Å²) in [4.78, 5) is 6.87. The summed E-state index contributed by atoms with van der Waals surface area (Å²) in [6, 6.07) is 23.8. The third-order valence-electron chi connectivity index (χ3n) is 4.28. The molecule has 0 spiro atoms. The number of thiocarbonyl (C=S) groups is 1. The van der Waals surface area contributed by atoms with Crippen molar-refractivity contribution >= 4 is 45.0 Å². The average Bonchev–Trinajstić information content (AvgIpc) is 3.39. The van der Waals surface area contributed by atoms with Crippen LogP contribution in [0.15, 0.2) is 93.6 Å². The van der Waals surface area contributed by atoms with Gasteiger partial charge in [0.25, 0.3) is 0 Å². The van der Waals surface area contributed by atoms with E-state index in [1.54, 1.807) is 11.3 Å². The van der Waals surface area contributed by atoms with E-state index in [1.807, 2.05) is 77.7 Å². The highest BCUT2D eigenvalue weighted by molar-refractivity contribution is 8.27. The van der Waals surface area contributed by atoms with Crippen LogP contribution in [0.5, 0.6) is 0 Å². The molecule has 0 amide bonds. The summed E-state index contributed by atoms with van der Waals surface area (Å²) in [6.07, 6.45) is 1.29. The number of hydrazone groups is 1. The molecule has 1 aromatic heterocycles. The molecule has 0 aliphatic carbocycles. The number of fused-ring (bicyclic) bond motifs is 1. The highest BCUT2D eigenvalue weighted by Crippen LogP contribution is 2.38. The summed E-state index contributed by atoms with van der Waals surface area (Å²) in [7, 11) is 0. The number of aliphatic imine (C=N–C) groups is 1. The zero-order valence-electron chi connectivity index (χ0n) is 14.1. The van der Waals surface area contributed by atoms with E-state index in [0.29, 0.717) is 5.11 Å². The summed E-state index contributed by atoms with van der Waals surface area (Å²) in [5.41, 5.74) is 1.99. The number of para-hydroxylation sites is 1. The van der Waals surface area contributed by atoms with Gasteiger partial charge in [0.05, 0.1) is 6.26 Å². The fourth-order valence-corrected chi connectivity index (χ4v) is 4.33.